The van der Waals surface area contributed by atoms with Crippen LogP contribution in [0.15, 0.2) is 12.1 Å². The average molecular weight is 315 g/mol. The summed E-state index contributed by atoms with van der Waals surface area (Å²) in [7, 11) is 3.15. The SMILES string of the molecule is COc1ccc(C(CO)N2CCCNCC2)c(Cl)c1OC. The summed E-state index contributed by atoms with van der Waals surface area (Å²) in [6.45, 7) is 3.77. The van der Waals surface area contributed by atoms with E-state index in [4.69, 9.17) is 21.1 Å². The van der Waals surface area contributed by atoms with Crippen molar-refractivity contribution in [1.82, 2.24) is 10.2 Å². The van der Waals surface area contributed by atoms with Crippen LogP contribution in [0.4, 0.5) is 0 Å². The molecule has 6 heteroatoms. The van der Waals surface area contributed by atoms with E-state index in [1.165, 1.54) is 0 Å². The van der Waals surface area contributed by atoms with Crippen LogP contribution < -0.4 is 14.8 Å². The first kappa shape index (κ1) is 16.4. The van der Waals surface area contributed by atoms with Crippen molar-refractivity contribution in [3.63, 3.8) is 0 Å². The van der Waals surface area contributed by atoms with Gasteiger partial charge in [0.15, 0.2) is 11.5 Å². The fourth-order valence-corrected chi connectivity index (χ4v) is 3.11. The average Bonchev–Trinajstić information content (AvgIpc) is 2.78. The van der Waals surface area contributed by atoms with Gasteiger partial charge in [0.2, 0.25) is 0 Å². The van der Waals surface area contributed by atoms with E-state index >= 15 is 0 Å². The Kier molecular flexibility index (Phi) is 6.11. The molecule has 0 radical (unpaired) electrons. The minimum Gasteiger partial charge on any atom is -0.493 e. The molecule has 0 saturated carbocycles. The van der Waals surface area contributed by atoms with Gasteiger partial charge >= 0.3 is 0 Å². The summed E-state index contributed by atoms with van der Waals surface area (Å²) in [5.41, 5.74) is 0.874. The number of nitrogens with zero attached hydrogens (tertiary/aromatic N) is 1. The van der Waals surface area contributed by atoms with Crippen molar-refractivity contribution in [3.05, 3.63) is 22.7 Å². The lowest BCUT2D eigenvalue weighted by atomic mass is 10.0. The number of hydrogen-bond donors (Lipinski definition) is 2. The van der Waals surface area contributed by atoms with Gasteiger partial charge in [0.05, 0.1) is 31.9 Å². The maximum absolute atomic E-state index is 9.85. The van der Waals surface area contributed by atoms with Crippen LogP contribution in [-0.4, -0.2) is 57.0 Å². The molecule has 1 heterocycles. The molecule has 0 spiro atoms. The van der Waals surface area contributed by atoms with Crippen LogP contribution >= 0.6 is 11.6 Å². The molecule has 1 aromatic rings. The molecule has 5 nitrogen and oxygen atoms in total. The fraction of sp³-hybridized carbons (Fsp3) is 0.600. The maximum atomic E-state index is 9.85. The van der Waals surface area contributed by atoms with Gasteiger partial charge in [0.1, 0.15) is 0 Å². The molecular weight excluding hydrogens is 292 g/mol. The first-order chi connectivity index (χ1) is 10.2. The van der Waals surface area contributed by atoms with Gasteiger partial charge in [-0.15, -0.1) is 0 Å². The summed E-state index contributed by atoms with van der Waals surface area (Å²) >= 11 is 6.47. The number of aliphatic hydroxyl groups excluding tert-OH is 1. The molecular formula is C15H23ClN2O3. The number of benzene rings is 1. The summed E-state index contributed by atoms with van der Waals surface area (Å²) in [4.78, 5) is 2.26. The van der Waals surface area contributed by atoms with E-state index in [1.54, 1.807) is 14.2 Å². The molecule has 1 aliphatic rings. The largest absolute Gasteiger partial charge is 0.493 e. The highest BCUT2D eigenvalue weighted by Gasteiger charge is 2.25. The predicted octanol–water partition coefficient (Wildman–Crippen LogP) is 1.69. The molecule has 1 saturated heterocycles. The van der Waals surface area contributed by atoms with Crippen LogP contribution in [0.3, 0.4) is 0 Å². The third-order valence-electron chi connectivity index (χ3n) is 3.86. The normalized spacial score (nSPS) is 18.1. The number of methoxy groups -OCH3 is 2. The molecule has 1 aromatic carbocycles. The van der Waals surface area contributed by atoms with Crippen molar-refractivity contribution < 1.29 is 14.6 Å². The first-order valence-corrected chi connectivity index (χ1v) is 7.56. The second kappa shape index (κ2) is 7.84. The number of rotatable bonds is 5. The number of nitrogens with one attached hydrogen (secondary N) is 1. The van der Waals surface area contributed by atoms with Gasteiger partial charge in [-0.25, -0.2) is 0 Å². The van der Waals surface area contributed by atoms with Crippen molar-refractivity contribution in [3.8, 4) is 11.5 Å². The van der Waals surface area contributed by atoms with E-state index in [9.17, 15) is 5.11 Å². The standard InChI is InChI=1S/C15H23ClN2O3/c1-20-13-5-4-11(14(16)15(13)21-2)12(10-19)18-8-3-6-17-7-9-18/h4-5,12,17,19H,3,6-10H2,1-2H3. The molecule has 0 aliphatic carbocycles. The molecule has 1 aliphatic heterocycles. The van der Waals surface area contributed by atoms with Crippen LogP contribution in [0.25, 0.3) is 0 Å². The van der Waals surface area contributed by atoms with Gasteiger partial charge in [0, 0.05) is 19.6 Å². The van der Waals surface area contributed by atoms with Gasteiger partial charge in [-0.05, 0) is 24.6 Å². The molecule has 1 unspecified atom stereocenters. The predicted molar refractivity (Wildman–Crippen MR) is 83.4 cm³/mol. The first-order valence-electron chi connectivity index (χ1n) is 7.19. The maximum Gasteiger partial charge on any atom is 0.179 e. The Morgan fingerprint density at radius 2 is 2.10 bits per heavy atom. The zero-order valence-corrected chi connectivity index (χ0v) is 13.3. The van der Waals surface area contributed by atoms with Crippen LogP contribution in [0.2, 0.25) is 5.02 Å². The second-order valence-electron chi connectivity index (χ2n) is 5.04. The summed E-state index contributed by atoms with van der Waals surface area (Å²) in [5.74, 6) is 1.11. The fourth-order valence-electron chi connectivity index (χ4n) is 2.75. The molecule has 21 heavy (non-hydrogen) atoms. The minimum atomic E-state index is -0.128. The molecule has 0 aromatic heterocycles. The van der Waals surface area contributed by atoms with Crippen molar-refractivity contribution in [2.75, 3.05) is 47.0 Å². The smallest absolute Gasteiger partial charge is 0.179 e. The Hall–Kier alpha value is -1.01. The van der Waals surface area contributed by atoms with Crippen molar-refractivity contribution in [2.45, 2.75) is 12.5 Å². The number of aliphatic hydroxyl groups is 1. The van der Waals surface area contributed by atoms with Crippen LogP contribution in [0.5, 0.6) is 11.5 Å². The van der Waals surface area contributed by atoms with Gasteiger partial charge in [-0.2, -0.15) is 0 Å². The molecule has 0 amide bonds. The number of halogens is 1. The topological polar surface area (TPSA) is 54.0 Å². The number of ether oxygens (including phenoxy) is 2. The Morgan fingerprint density at radius 1 is 1.29 bits per heavy atom. The lowest BCUT2D eigenvalue weighted by Gasteiger charge is -2.30. The molecule has 0 bridgehead atoms. The van der Waals surface area contributed by atoms with Crippen LogP contribution in [-0.2, 0) is 0 Å². The van der Waals surface area contributed by atoms with Crippen LogP contribution in [0, 0.1) is 0 Å². The van der Waals surface area contributed by atoms with Gasteiger partial charge in [-0.3, -0.25) is 4.90 Å². The number of hydrogen-bond acceptors (Lipinski definition) is 5. The zero-order valence-electron chi connectivity index (χ0n) is 12.6. The highest BCUT2D eigenvalue weighted by Crippen LogP contribution is 2.40. The lowest BCUT2D eigenvalue weighted by molar-refractivity contribution is 0.129. The van der Waals surface area contributed by atoms with Crippen LogP contribution in [0.1, 0.15) is 18.0 Å². The monoisotopic (exact) mass is 314 g/mol. The zero-order chi connectivity index (χ0) is 15.2. The Labute approximate surface area is 130 Å². The van der Waals surface area contributed by atoms with Gasteiger partial charge in [-0.1, -0.05) is 17.7 Å². The minimum absolute atomic E-state index is 0.0230. The van der Waals surface area contributed by atoms with E-state index in [2.05, 4.69) is 10.2 Å². The van der Waals surface area contributed by atoms with E-state index in [0.717, 1.165) is 38.2 Å². The Bertz CT molecular complexity index is 462. The van der Waals surface area contributed by atoms with E-state index in [0.29, 0.717) is 16.5 Å². The van der Waals surface area contributed by atoms with E-state index in [-0.39, 0.29) is 12.6 Å². The third-order valence-corrected chi connectivity index (χ3v) is 4.25. The third kappa shape index (κ3) is 3.61. The highest BCUT2D eigenvalue weighted by atomic mass is 35.5. The molecule has 2 rings (SSSR count). The second-order valence-corrected chi connectivity index (χ2v) is 5.42. The molecule has 1 fully saturated rings. The lowest BCUT2D eigenvalue weighted by Crippen LogP contribution is -2.34. The highest BCUT2D eigenvalue weighted by molar-refractivity contribution is 6.33. The Balaban J connectivity index is 2.33. The molecule has 1 atom stereocenters. The van der Waals surface area contributed by atoms with Crippen molar-refractivity contribution >= 4 is 11.6 Å². The van der Waals surface area contributed by atoms with Gasteiger partial charge in [0.25, 0.3) is 0 Å². The van der Waals surface area contributed by atoms with E-state index in [1.807, 2.05) is 12.1 Å². The Morgan fingerprint density at radius 3 is 2.76 bits per heavy atom. The van der Waals surface area contributed by atoms with E-state index < -0.39 is 0 Å². The van der Waals surface area contributed by atoms with Crippen molar-refractivity contribution in [1.29, 1.82) is 0 Å². The molecule has 118 valence electrons. The summed E-state index contributed by atoms with van der Waals surface area (Å²) in [6.07, 6.45) is 1.06. The van der Waals surface area contributed by atoms with Crippen molar-refractivity contribution in [2.24, 2.45) is 0 Å². The molecule has 2 N–H and O–H groups in total. The quantitative estimate of drug-likeness (QED) is 0.866. The summed E-state index contributed by atoms with van der Waals surface area (Å²) < 4.78 is 10.6. The summed E-state index contributed by atoms with van der Waals surface area (Å²) in [5, 5.41) is 13.7. The summed E-state index contributed by atoms with van der Waals surface area (Å²) in [6, 6.07) is 3.61. The van der Waals surface area contributed by atoms with Gasteiger partial charge < -0.3 is 19.9 Å².